The van der Waals surface area contributed by atoms with E-state index in [9.17, 15) is 9.59 Å². The van der Waals surface area contributed by atoms with Crippen LogP contribution in [-0.2, 0) is 9.53 Å². The second kappa shape index (κ2) is 8.62. The molecular weight excluding hydrogens is 390 g/mol. The fourth-order valence-corrected chi connectivity index (χ4v) is 4.45. The smallest absolute Gasteiger partial charge is 0.338 e. The van der Waals surface area contributed by atoms with Crippen molar-refractivity contribution in [3.63, 3.8) is 0 Å². The number of hydrogen-bond acceptors (Lipinski definition) is 7. The fraction of sp³-hybridized carbons (Fsp3) is 0.350. The first-order valence-corrected chi connectivity index (χ1v) is 10.3. The lowest BCUT2D eigenvalue weighted by atomic mass is 10.0. The van der Waals surface area contributed by atoms with Gasteiger partial charge in [-0.05, 0) is 23.6 Å². The van der Waals surface area contributed by atoms with E-state index in [1.165, 1.54) is 18.4 Å². The van der Waals surface area contributed by atoms with E-state index in [4.69, 9.17) is 4.74 Å². The minimum Gasteiger partial charge on any atom is -0.466 e. The third-order valence-electron chi connectivity index (χ3n) is 5.11. The summed E-state index contributed by atoms with van der Waals surface area (Å²) in [7, 11) is 1.36. The number of anilines is 1. The molecule has 4 heterocycles. The van der Waals surface area contributed by atoms with Crippen molar-refractivity contribution in [2.24, 2.45) is 0 Å². The van der Waals surface area contributed by atoms with Crippen LogP contribution < -0.4 is 15.5 Å². The first-order valence-electron chi connectivity index (χ1n) is 9.46. The Morgan fingerprint density at radius 2 is 2.07 bits per heavy atom. The molecule has 0 radical (unpaired) electrons. The van der Waals surface area contributed by atoms with Gasteiger partial charge in [-0.3, -0.25) is 4.90 Å². The molecule has 1 fully saturated rings. The number of carbonyl (C=O) groups is 2. The third-order valence-corrected chi connectivity index (χ3v) is 6.05. The van der Waals surface area contributed by atoms with Gasteiger partial charge in [-0.25, -0.2) is 14.6 Å². The maximum Gasteiger partial charge on any atom is 0.338 e. The number of amides is 2. The zero-order chi connectivity index (χ0) is 20.2. The van der Waals surface area contributed by atoms with Gasteiger partial charge in [-0.1, -0.05) is 12.1 Å². The topological polar surface area (TPSA) is 86.8 Å². The molecule has 29 heavy (non-hydrogen) atoms. The fourth-order valence-electron chi connectivity index (χ4n) is 3.66. The number of methoxy groups -OCH3 is 1. The number of urea groups is 1. The molecule has 1 atom stereocenters. The molecule has 8 nitrogen and oxygen atoms in total. The minimum absolute atomic E-state index is 0.307. The van der Waals surface area contributed by atoms with E-state index in [-0.39, 0.29) is 6.03 Å². The van der Waals surface area contributed by atoms with Crippen LogP contribution in [-0.4, -0.2) is 61.7 Å². The van der Waals surface area contributed by atoms with Gasteiger partial charge < -0.3 is 20.3 Å². The number of esters is 1. The number of ether oxygens (including phenoxy) is 1. The molecule has 0 saturated carbocycles. The van der Waals surface area contributed by atoms with Crippen molar-refractivity contribution in [1.29, 1.82) is 0 Å². The van der Waals surface area contributed by atoms with E-state index in [0.717, 1.165) is 36.9 Å². The lowest BCUT2D eigenvalue weighted by molar-refractivity contribution is -0.136. The molecule has 0 unspecified atom stereocenters. The second-order valence-electron chi connectivity index (χ2n) is 6.88. The van der Waals surface area contributed by atoms with E-state index in [0.29, 0.717) is 17.8 Å². The Morgan fingerprint density at radius 1 is 1.24 bits per heavy atom. The van der Waals surface area contributed by atoms with Gasteiger partial charge in [0.2, 0.25) is 0 Å². The molecule has 2 amide bonds. The van der Waals surface area contributed by atoms with E-state index in [2.05, 4.69) is 25.4 Å². The highest BCUT2D eigenvalue weighted by Crippen LogP contribution is 2.31. The molecule has 0 bridgehead atoms. The van der Waals surface area contributed by atoms with Gasteiger partial charge >= 0.3 is 12.0 Å². The summed E-state index contributed by atoms with van der Waals surface area (Å²) in [6, 6.07) is 8.90. The standard InChI is InChI=1S/C20H23N5O3S/c1-28-19(26)17-14(22-20(27)23-18(17)15-5-4-12-29-15)13-24-8-10-25(11-9-24)16-6-2-3-7-21-16/h2-7,12,18H,8-11,13H2,1H3,(H2,22,23,27)/t18-/m0/s1. The summed E-state index contributed by atoms with van der Waals surface area (Å²) in [4.78, 5) is 34.6. The van der Waals surface area contributed by atoms with E-state index in [1.807, 2.05) is 35.7 Å². The predicted molar refractivity (Wildman–Crippen MR) is 111 cm³/mol. The van der Waals surface area contributed by atoms with Crippen molar-refractivity contribution in [3.8, 4) is 0 Å². The van der Waals surface area contributed by atoms with Gasteiger partial charge in [0.1, 0.15) is 5.82 Å². The first kappa shape index (κ1) is 19.4. The largest absolute Gasteiger partial charge is 0.466 e. The summed E-state index contributed by atoms with van der Waals surface area (Å²) in [5.74, 6) is 0.535. The van der Waals surface area contributed by atoms with Gasteiger partial charge in [-0.15, -0.1) is 11.3 Å². The molecule has 0 aromatic carbocycles. The van der Waals surface area contributed by atoms with Crippen molar-refractivity contribution >= 4 is 29.2 Å². The SMILES string of the molecule is COC(=O)C1=C(CN2CCN(c3ccccn3)CC2)NC(=O)N[C@H]1c1cccs1. The number of nitrogens with one attached hydrogen (secondary N) is 2. The molecule has 9 heteroatoms. The predicted octanol–water partition coefficient (Wildman–Crippen LogP) is 1.75. The maximum atomic E-state index is 12.6. The average molecular weight is 414 g/mol. The van der Waals surface area contributed by atoms with E-state index < -0.39 is 12.0 Å². The Labute approximate surface area is 173 Å². The number of hydrogen-bond donors (Lipinski definition) is 2. The zero-order valence-electron chi connectivity index (χ0n) is 16.1. The van der Waals surface area contributed by atoms with Crippen molar-refractivity contribution in [1.82, 2.24) is 20.5 Å². The van der Waals surface area contributed by atoms with Crippen LogP contribution in [0.5, 0.6) is 0 Å². The summed E-state index contributed by atoms with van der Waals surface area (Å²) in [5.41, 5.74) is 1.06. The highest BCUT2D eigenvalue weighted by Gasteiger charge is 2.35. The Kier molecular flexibility index (Phi) is 5.77. The molecule has 2 aliphatic rings. The summed E-state index contributed by atoms with van der Waals surface area (Å²) < 4.78 is 5.03. The lowest BCUT2D eigenvalue weighted by Gasteiger charge is -2.37. The van der Waals surface area contributed by atoms with Gasteiger partial charge in [-0.2, -0.15) is 0 Å². The molecular formula is C20H23N5O3S. The van der Waals surface area contributed by atoms with E-state index in [1.54, 1.807) is 6.20 Å². The third kappa shape index (κ3) is 4.25. The molecule has 2 aliphatic heterocycles. The van der Waals surface area contributed by atoms with Gasteiger partial charge in [0.25, 0.3) is 0 Å². The number of carbonyl (C=O) groups excluding carboxylic acids is 2. The quantitative estimate of drug-likeness (QED) is 0.727. The minimum atomic E-state index is -0.499. The van der Waals surface area contributed by atoms with Crippen LogP contribution in [0.1, 0.15) is 10.9 Å². The van der Waals surface area contributed by atoms with E-state index >= 15 is 0 Å². The van der Waals surface area contributed by atoms with Crippen LogP contribution in [0.15, 0.2) is 53.2 Å². The monoisotopic (exact) mass is 413 g/mol. The lowest BCUT2D eigenvalue weighted by Crippen LogP contribution is -2.51. The highest BCUT2D eigenvalue weighted by atomic mass is 32.1. The summed E-state index contributed by atoms with van der Waals surface area (Å²) >= 11 is 1.50. The van der Waals surface area contributed by atoms with Crippen molar-refractivity contribution in [3.05, 3.63) is 58.1 Å². The first-order chi connectivity index (χ1) is 14.2. The summed E-state index contributed by atoms with van der Waals surface area (Å²) in [5, 5.41) is 7.60. The summed E-state index contributed by atoms with van der Waals surface area (Å²) in [6.07, 6.45) is 1.80. The van der Waals surface area contributed by atoms with Gasteiger partial charge in [0.15, 0.2) is 0 Å². The number of pyridine rings is 1. The molecule has 2 aromatic rings. The van der Waals surface area contributed by atoms with Crippen molar-refractivity contribution in [2.75, 3.05) is 44.7 Å². The molecule has 0 aliphatic carbocycles. The molecule has 2 N–H and O–H groups in total. The normalized spacial score (nSPS) is 20.2. The van der Waals surface area contributed by atoms with Crippen molar-refractivity contribution in [2.45, 2.75) is 6.04 Å². The van der Waals surface area contributed by atoms with Crippen molar-refractivity contribution < 1.29 is 14.3 Å². The van der Waals surface area contributed by atoms with Crippen LogP contribution in [0, 0.1) is 0 Å². The second-order valence-corrected chi connectivity index (χ2v) is 7.86. The maximum absolute atomic E-state index is 12.6. The van der Waals surface area contributed by atoms with Gasteiger partial charge in [0, 0.05) is 49.5 Å². The number of nitrogens with zero attached hydrogens (tertiary/aromatic N) is 3. The summed E-state index contributed by atoms with van der Waals surface area (Å²) in [6.45, 7) is 3.76. The van der Waals surface area contributed by atoms with Crippen LogP contribution in [0.4, 0.5) is 10.6 Å². The molecule has 152 valence electrons. The molecule has 0 spiro atoms. The van der Waals surface area contributed by atoms with Crippen LogP contribution in [0.25, 0.3) is 0 Å². The van der Waals surface area contributed by atoms with Crippen LogP contribution in [0.2, 0.25) is 0 Å². The molecule has 1 saturated heterocycles. The Bertz CT molecular complexity index is 892. The van der Waals surface area contributed by atoms with Gasteiger partial charge in [0.05, 0.1) is 18.7 Å². The number of piperazine rings is 1. The molecule has 2 aromatic heterocycles. The molecule has 4 rings (SSSR count). The number of thiophene rings is 1. The van der Waals surface area contributed by atoms with Crippen LogP contribution >= 0.6 is 11.3 Å². The average Bonchev–Trinajstić information content (AvgIpc) is 3.29. The Morgan fingerprint density at radius 3 is 2.72 bits per heavy atom. The highest BCUT2D eigenvalue weighted by molar-refractivity contribution is 7.10. The van der Waals surface area contributed by atoms with Crippen LogP contribution in [0.3, 0.4) is 0 Å². The zero-order valence-corrected chi connectivity index (χ0v) is 16.9. The Balaban J connectivity index is 1.52. The Hall–Kier alpha value is -2.91. The number of rotatable bonds is 5. The number of aromatic nitrogens is 1.